The first-order valence-electron chi connectivity index (χ1n) is 9.44. The Kier molecular flexibility index (Phi) is 5.66. The molecule has 0 radical (unpaired) electrons. The van der Waals surface area contributed by atoms with Crippen LogP contribution in [0, 0.1) is 0 Å². The molecule has 1 aromatic heterocycles. The molecule has 0 saturated carbocycles. The van der Waals surface area contributed by atoms with Crippen LogP contribution in [0.15, 0.2) is 95.5 Å². The SMILES string of the molecule is O=C(CNC(=O)c1ccccc1-c1ncc(-c2ccccc2)o1)Nc1ccccc1. The maximum atomic E-state index is 12.7. The smallest absolute Gasteiger partial charge is 0.252 e. The molecule has 4 aromatic rings. The summed E-state index contributed by atoms with van der Waals surface area (Å²) >= 11 is 0. The fraction of sp³-hybridized carbons (Fsp3) is 0.0417. The number of hydrogen-bond donors (Lipinski definition) is 2. The van der Waals surface area contributed by atoms with E-state index in [4.69, 9.17) is 4.42 Å². The number of aromatic nitrogens is 1. The summed E-state index contributed by atoms with van der Waals surface area (Å²) in [6, 6.07) is 25.7. The number of amides is 2. The van der Waals surface area contributed by atoms with Gasteiger partial charge < -0.3 is 15.1 Å². The van der Waals surface area contributed by atoms with Crippen molar-refractivity contribution in [1.82, 2.24) is 10.3 Å². The van der Waals surface area contributed by atoms with Gasteiger partial charge in [-0.1, -0.05) is 60.7 Å². The molecule has 0 spiro atoms. The Morgan fingerprint density at radius 2 is 1.50 bits per heavy atom. The molecule has 0 saturated heterocycles. The number of carbonyl (C=O) groups is 2. The van der Waals surface area contributed by atoms with Crippen molar-refractivity contribution < 1.29 is 14.0 Å². The molecule has 0 atom stereocenters. The number of rotatable bonds is 6. The van der Waals surface area contributed by atoms with Gasteiger partial charge in [0.2, 0.25) is 11.8 Å². The predicted octanol–water partition coefficient (Wildman–Crippen LogP) is 4.38. The van der Waals surface area contributed by atoms with Gasteiger partial charge in [0.1, 0.15) is 0 Å². The Morgan fingerprint density at radius 3 is 2.27 bits per heavy atom. The average molecular weight is 397 g/mol. The molecule has 0 aliphatic rings. The van der Waals surface area contributed by atoms with Gasteiger partial charge in [-0.3, -0.25) is 9.59 Å². The van der Waals surface area contributed by atoms with Crippen molar-refractivity contribution in [3.63, 3.8) is 0 Å². The van der Waals surface area contributed by atoms with Crippen molar-refractivity contribution in [1.29, 1.82) is 0 Å². The average Bonchev–Trinajstić information content (AvgIpc) is 3.29. The van der Waals surface area contributed by atoms with Crippen LogP contribution in [0.25, 0.3) is 22.8 Å². The molecule has 0 unspecified atom stereocenters. The van der Waals surface area contributed by atoms with Crippen LogP contribution in [0.1, 0.15) is 10.4 Å². The zero-order chi connectivity index (χ0) is 20.8. The van der Waals surface area contributed by atoms with E-state index in [1.165, 1.54) is 0 Å². The summed E-state index contributed by atoms with van der Waals surface area (Å²) in [7, 11) is 0. The minimum absolute atomic E-state index is 0.150. The summed E-state index contributed by atoms with van der Waals surface area (Å²) < 4.78 is 5.88. The number of benzene rings is 3. The topological polar surface area (TPSA) is 84.2 Å². The summed E-state index contributed by atoms with van der Waals surface area (Å²) in [6.07, 6.45) is 1.63. The van der Waals surface area contributed by atoms with Crippen LogP contribution in [0.2, 0.25) is 0 Å². The van der Waals surface area contributed by atoms with E-state index in [-0.39, 0.29) is 18.4 Å². The van der Waals surface area contributed by atoms with Crippen molar-refractivity contribution in [2.75, 3.05) is 11.9 Å². The minimum atomic E-state index is -0.381. The fourth-order valence-electron chi connectivity index (χ4n) is 2.98. The zero-order valence-corrected chi connectivity index (χ0v) is 16.0. The Morgan fingerprint density at radius 1 is 0.833 bits per heavy atom. The highest BCUT2D eigenvalue weighted by atomic mass is 16.4. The standard InChI is InChI=1S/C24H19N3O3/c28-22(27-18-11-5-2-6-12-18)16-25-23(29)19-13-7-8-14-20(19)24-26-15-21(30-24)17-9-3-1-4-10-17/h1-15H,16H2,(H,25,29)(H,27,28). The largest absolute Gasteiger partial charge is 0.436 e. The van der Waals surface area contributed by atoms with Crippen LogP contribution in [0.4, 0.5) is 5.69 Å². The molecule has 30 heavy (non-hydrogen) atoms. The van der Waals surface area contributed by atoms with Crippen molar-refractivity contribution in [2.24, 2.45) is 0 Å². The van der Waals surface area contributed by atoms with Gasteiger partial charge in [0.15, 0.2) is 5.76 Å². The molecule has 0 bridgehead atoms. The third-order valence-electron chi connectivity index (χ3n) is 4.43. The number of carbonyl (C=O) groups excluding carboxylic acids is 2. The second-order valence-corrected chi connectivity index (χ2v) is 6.54. The van der Waals surface area contributed by atoms with Crippen LogP contribution in [-0.2, 0) is 4.79 Å². The van der Waals surface area contributed by atoms with Gasteiger partial charge in [0.05, 0.1) is 18.3 Å². The number of anilines is 1. The van der Waals surface area contributed by atoms with E-state index >= 15 is 0 Å². The number of nitrogens with zero attached hydrogens (tertiary/aromatic N) is 1. The summed E-state index contributed by atoms with van der Waals surface area (Å²) in [6.45, 7) is -0.150. The number of hydrogen-bond acceptors (Lipinski definition) is 4. The Bertz CT molecular complexity index is 1150. The summed E-state index contributed by atoms with van der Waals surface area (Å²) in [4.78, 5) is 29.1. The molecule has 2 amide bonds. The summed E-state index contributed by atoms with van der Waals surface area (Å²) in [5.74, 6) is 0.263. The molecule has 6 nitrogen and oxygen atoms in total. The molecule has 0 fully saturated rings. The molecular formula is C24H19N3O3. The first-order valence-corrected chi connectivity index (χ1v) is 9.44. The zero-order valence-electron chi connectivity index (χ0n) is 16.0. The molecule has 1 heterocycles. The second-order valence-electron chi connectivity index (χ2n) is 6.54. The lowest BCUT2D eigenvalue weighted by atomic mass is 10.1. The van der Waals surface area contributed by atoms with Crippen LogP contribution in [-0.4, -0.2) is 23.3 Å². The van der Waals surface area contributed by atoms with Crippen LogP contribution in [0.5, 0.6) is 0 Å². The molecule has 0 aliphatic carbocycles. The van der Waals surface area contributed by atoms with E-state index in [0.717, 1.165) is 5.56 Å². The van der Waals surface area contributed by atoms with Gasteiger partial charge in [-0.25, -0.2) is 4.98 Å². The van der Waals surface area contributed by atoms with Gasteiger partial charge in [-0.05, 0) is 24.3 Å². The Labute approximate surface area is 173 Å². The maximum absolute atomic E-state index is 12.7. The monoisotopic (exact) mass is 397 g/mol. The van der Waals surface area contributed by atoms with Crippen molar-refractivity contribution in [3.05, 3.63) is 96.7 Å². The lowest BCUT2D eigenvalue weighted by molar-refractivity contribution is -0.115. The van der Waals surface area contributed by atoms with Gasteiger partial charge in [-0.2, -0.15) is 0 Å². The molecule has 6 heteroatoms. The second kappa shape index (κ2) is 8.87. The molecular weight excluding hydrogens is 378 g/mol. The normalized spacial score (nSPS) is 10.4. The fourth-order valence-corrected chi connectivity index (χ4v) is 2.98. The lowest BCUT2D eigenvalue weighted by Gasteiger charge is -2.09. The van der Waals surface area contributed by atoms with Crippen LogP contribution < -0.4 is 10.6 Å². The van der Waals surface area contributed by atoms with E-state index in [1.807, 2.05) is 48.5 Å². The van der Waals surface area contributed by atoms with Gasteiger partial charge >= 0.3 is 0 Å². The van der Waals surface area contributed by atoms with E-state index in [0.29, 0.717) is 28.5 Å². The third kappa shape index (κ3) is 4.44. The van der Waals surface area contributed by atoms with Crippen molar-refractivity contribution >= 4 is 17.5 Å². The highest BCUT2D eigenvalue weighted by Gasteiger charge is 2.17. The first kappa shape index (κ1) is 19.1. The quantitative estimate of drug-likeness (QED) is 0.506. The first-order chi connectivity index (χ1) is 14.7. The van der Waals surface area contributed by atoms with E-state index in [1.54, 1.807) is 42.6 Å². The van der Waals surface area contributed by atoms with E-state index in [9.17, 15) is 9.59 Å². The van der Waals surface area contributed by atoms with Crippen molar-refractivity contribution in [2.45, 2.75) is 0 Å². The van der Waals surface area contributed by atoms with Crippen LogP contribution in [0.3, 0.4) is 0 Å². The number of para-hydroxylation sites is 1. The predicted molar refractivity (Wildman–Crippen MR) is 115 cm³/mol. The lowest BCUT2D eigenvalue weighted by Crippen LogP contribution is -2.33. The summed E-state index contributed by atoms with van der Waals surface area (Å²) in [5.41, 5.74) is 2.51. The van der Waals surface area contributed by atoms with Gasteiger partial charge in [0, 0.05) is 16.8 Å². The minimum Gasteiger partial charge on any atom is -0.436 e. The van der Waals surface area contributed by atoms with E-state index in [2.05, 4.69) is 15.6 Å². The highest BCUT2D eigenvalue weighted by Crippen LogP contribution is 2.28. The third-order valence-corrected chi connectivity index (χ3v) is 4.43. The van der Waals surface area contributed by atoms with Crippen molar-refractivity contribution in [3.8, 4) is 22.8 Å². The number of oxazole rings is 1. The Balaban J connectivity index is 1.47. The van der Waals surface area contributed by atoms with Gasteiger partial charge in [0.25, 0.3) is 5.91 Å². The van der Waals surface area contributed by atoms with Crippen LogP contribution >= 0.6 is 0 Å². The molecule has 4 rings (SSSR count). The molecule has 148 valence electrons. The molecule has 3 aromatic carbocycles. The number of nitrogens with one attached hydrogen (secondary N) is 2. The Hall–Kier alpha value is -4.19. The maximum Gasteiger partial charge on any atom is 0.252 e. The van der Waals surface area contributed by atoms with Gasteiger partial charge in [-0.15, -0.1) is 0 Å². The highest BCUT2D eigenvalue weighted by molar-refractivity contribution is 6.02. The summed E-state index contributed by atoms with van der Waals surface area (Å²) in [5, 5.41) is 5.38. The molecule has 0 aliphatic heterocycles. The van der Waals surface area contributed by atoms with E-state index < -0.39 is 0 Å². The molecule has 2 N–H and O–H groups in total.